The summed E-state index contributed by atoms with van der Waals surface area (Å²) in [6.45, 7) is 12.3. The van der Waals surface area contributed by atoms with Crippen molar-refractivity contribution in [1.82, 2.24) is 4.57 Å². The van der Waals surface area contributed by atoms with Crippen molar-refractivity contribution >= 4 is 23.0 Å². The lowest BCUT2D eigenvalue weighted by Gasteiger charge is -2.23. The predicted octanol–water partition coefficient (Wildman–Crippen LogP) is 1.81. The smallest absolute Gasteiger partial charge is 0.311 e. The summed E-state index contributed by atoms with van der Waals surface area (Å²) in [6.07, 6.45) is 1.33. The van der Waals surface area contributed by atoms with Gasteiger partial charge in [-0.1, -0.05) is 6.07 Å². The van der Waals surface area contributed by atoms with Gasteiger partial charge in [0.05, 0.1) is 38.5 Å². The van der Waals surface area contributed by atoms with Crippen LogP contribution in [0.3, 0.4) is 0 Å². The van der Waals surface area contributed by atoms with E-state index in [4.69, 9.17) is 14.5 Å². The van der Waals surface area contributed by atoms with Gasteiger partial charge in [-0.3, -0.25) is 4.79 Å². The van der Waals surface area contributed by atoms with Crippen LogP contribution in [0.2, 0.25) is 0 Å². The molecule has 1 aliphatic heterocycles. The Hall–Kier alpha value is -1.96. The van der Waals surface area contributed by atoms with E-state index < -0.39 is 0 Å². The number of ether oxygens (including phenoxy) is 2. The number of carbonyl (C=O) groups is 1. The lowest BCUT2D eigenvalue weighted by atomic mass is 10.1. The third kappa shape index (κ3) is 6.26. The van der Waals surface area contributed by atoms with E-state index in [-0.39, 0.29) is 12.4 Å². The van der Waals surface area contributed by atoms with Crippen LogP contribution in [0.1, 0.15) is 30.2 Å². The zero-order valence-electron chi connectivity index (χ0n) is 17.7. The molecule has 29 heavy (non-hydrogen) atoms. The third-order valence-corrected chi connectivity index (χ3v) is 6.25. The monoisotopic (exact) mass is 418 g/mol. The van der Waals surface area contributed by atoms with E-state index in [1.807, 2.05) is 12.3 Å². The number of aryl methyl sites for hydroxylation is 2. The summed E-state index contributed by atoms with van der Waals surface area (Å²) in [4.78, 5) is 19.5. The highest BCUT2D eigenvalue weighted by atomic mass is 32.1. The Bertz CT molecular complexity index is 882. The van der Waals surface area contributed by atoms with Crippen LogP contribution in [-0.4, -0.2) is 50.0 Å². The number of quaternary nitrogens is 1. The number of rotatable bonds is 8. The summed E-state index contributed by atoms with van der Waals surface area (Å²) >= 11 is 1.59. The van der Waals surface area contributed by atoms with Gasteiger partial charge in [-0.2, -0.15) is 0 Å². The van der Waals surface area contributed by atoms with Crippen LogP contribution >= 0.6 is 11.3 Å². The number of nitrogens with one attached hydrogen (secondary N) is 1. The highest BCUT2D eigenvalue weighted by Crippen LogP contribution is 2.17. The first kappa shape index (κ1) is 21.7. The quantitative estimate of drug-likeness (QED) is 0.666. The van der Waals surface area contributed by atoms with Gasteiger partial charge < -0.3 is 18.9 Å². The number of esters is 1. The molecule has 0 unspecified atom stereocenters. The normalized spacial score (nSPS) is 15.6. The maximum absolute atomic E-state index is 12.1. The zero-order valence-corrected chi connectivity index (χ0v) is 18.5. The van der Waals surface area contributed by atoms with Crippen molar-refractivity contribution in [3.05, 3.63) is 45.2 Å². The summed E-state index contributed by atoms with van der Waals surface area (Å²) in [7, 11) is 0. The first-order valence-corrected chi connectivity index (χ1v) is 11.3. The van der Waals surface area contributed by atoms with Crippen molar-refractivity contribution < 1.29 is 19.2 Å². The molecule has 0 radical (unpaired) electrons. The largest absolute Gasteiger partial charge is 0.466 e. The number of aromatic nitrogens is 1. The highest BCUT2D eigenvalue weighted by Gasteiger charge is 2.15. The van der Waals surface area contributed by atoms with E-state index in [1.54, 1.807) is 16.2 Å². The van der Waals surface area contributed by atoms with Gasteiger partial charge in [-0.15, -0.1) is 11.3 Å². The molecule has 1 aliphatic rings. The molecule has 2 heterocycles. The molecule has 1 N–H and O–H groups in total. The zero-order chi connectivity index (χ0) is 20.6. The molecule has 0 saturated carbocycles. The number of morpholine rings is 1. The summed E-state index contributed by atoms with van der Waals surface area (Å²) in [6, 6.07) is 6.27. The lowest BCUT2D eigenvalue weighted by molar-refractivity contribution is -0.908. The molecule has 0 bridgehead atoms. The van der Waals surface area contributed by atoms with Crippen molar-refractivity contribution in [3.63, 3.8) is 0 Å². The Kier molecular flexibility index (Phi) is 8.03. The van der Waals surface area contributed by atoms with Gasteiger partial charge in [0.15, 0.2) is 4.80 Å². The van der Waals surface area contributed by atoms with Crippen molar-refractivity contribution in [1.29, 1.82) is 0 Å². The van der Waals surface area contributed by atoms with Crippen molar-refractivity contribution in [2.75, 3.05) is 39.5 Å². The van der Waals surface area contributed by atoms with Gasteiger partial charge in [0.25, 0.3) is 0 Å². The first-order chi connectivity index (χ1) is 14.1. The van der Waals surface area contributed by atoms with E-state index in [0.717, 1.165) is 62.0 Å². The summed E-state index contributed by atoms with van der Waals surface area (Å²) in [5.41, 5.74) is 4.43. The first-order valence-electron chi connectivity index (χ1n) is 10.4. The SMILES string of the molecule is CCOC(=O)Cc1csc(=Nc2ccc(C)c(C)c2)n1CCC[NH+]1CCOCC1. The molecule has 0 aliphatic carbocycles. The Labute approximate surface area is 176 Å². The van der Waals surface area contributed by atoms with E-state index in [0.29, 0.717) is 6.61 Å². The highest BCUT2D eigenvalue weighted by molar-refractivity contribution is 7.07. The number of benzene rings is 1. The van der Waals surface area contributed by atoms with Gasteiger partial charge in [-0.25, -0.2) is 4.99 Å². The number of hydrogen-bond donors (Lipinski definition) is 1. The number of carbonyl (C=O) groups excluding carboxylic acids is 1. The summed E-state index contributed by atoms with van der Waals surface area (Å²) in [5, 5.41) is 2.04. The summed E-state index contributed by atoms with van der Waals surface area (Å²) in [5.74, 6) is -0.185. The minimum atomic E-state index is -0.185. The standard InChI is InChI=1S/C22H31N3O3S/c1-4-28-21(26)15-20-16-29-22(23-19-7-6-17(2)18(3)14-19)25(20)9-5-8-24-10-12-27-13-11-24/h6-7,14,16H,4-5,8-13,15H2,1-3H3/p+1. The minimum absolute atomic E-state index is 0.185. The van der Waals surface area contributed by atoms with E-state index in [1.165, 1.54) is 11.1 Å². The molecule has 2 aromatic rings. The fourth-order valence-electron chi connectivity index (χ4n) is 3.50. The number of hydrogen-bond acceptors (Lipinski definition) is 5. The Morgan fingerprint density at radius 2 is 2.07 bits per heavy atom. The van der Waals surface area contributed by atoms with Crippen molar-refractivity contribution in [2.24, 2.45) is 4.99 Å². The van der Waals surface area contributed by atoms with Crippen LogP contribution < -0.4 is 9.70 Å². The fraction of sp³-hybridized carbons (Fsp3) is 0.545. The fourth-order valence-corrected chi connectivity index (χ4v) is 4.44. The molecule has 0 atom stereocenters. The minimum Gasteiger partial charge on any atom is -0.466 e. The van der Waals surface area contributed by atoms with Crippen molar-refractivity contribution in [2.45, 2.75) is 40.2 Å². The molecule has 1 aromatic heterocycles. The maximum atomic E-state index is 12.1. The maximum Gasteiger partial charge on any atom is 0.311 e. The van der Waals surface area contributed by atoms with Crippen molar-refractivity contribution in [3.8, 4) is 0 Å². The summed E-state index contributed by atoms with van der Waals surface area (Å²) < 4.78 is 12.8. The lowest BCUT2D eigenvalue weighted by Crippen LogP contribution is -3.14. The topological polar surface area (TPSA) is 57.3 Å². The van der Waals surface area contributed by atoms with Crippen LogP contribution in [-0.2, 0) is 27.2 Å². The Balaban J connectivity index is 1.80. The van der Waals surface area contributed by atoms with Crippen LogP contribution in [0.4, 0.5) is 5.69 Å². The van der Waals surface area contributed by atoms with Crippen LogP contribution in [0, 0.1) is 13.8 Å². The van der Waals surface area contributed by atoms with Gasteiger partial charge >= 0.3 is 5.97 Å². The molecule has 3 rings (SSSR count). The van der Waals surface area contributed by atoms with Crippen LogP contribution in [0.5, 0.6) is 0 Å². The second kappa shape index (κ2) is 10.7. The molecule has 0 amide bonds. The molecular weight excluding hydrogens is 386 g/mol. The van der Waals surface area contributed by atoms with Gasteiger partial charge in [0.2, 0.25) is 0 Å². The molecule has 1 fully saturated rings. The molecule has 1 aromatic carbocycles. The van der Waals surface area contributed by atoms with Crippen LogP contribution in [0.15, 0.2) is 28.6 Å². The number of nitrogens with zero attached hydrogens (tertiary/aromatic N) is 2. The molecular formula is C22H32N3O3S+. The second-order valence-corrected chi connectivity index (χ2v) is 8.33. The van der Waals surface area contributed by atoms with Gasteiger partial charge in [0, 0.05) is 24.0 Å². The molecule has 1 saturated heterocycles. The van der Waals surface area contributed by atoms with E-state index in [2.05, 4.69) is 36.6 Å². The molecule has 7 heteroatoms. The predicted molar refractivity (Wildman–Crippen MR) is 115 cm³/mol. The van der Waals surface area contributed by atoms with Gasteiger partial charge in [0.1, 0.15) is 13.1 Å². The second-order valence-electron chi connectivity index (χ2n) is 7.49. The Morgan fingerprint density at radius 3 is 2.79 bits per heavy atom. The van der Waals surface area contributed by atoms with Gasteiger partial charge in [-0.05, 0) is 44.0 Å². The Morgan fingerprint density at radius 1 is 1.28 bits per heavy atom. The average Bonchev–Trinajstić information content (AvgIpc) is 3.07. The van der Waals surface area contributed by atoms with Crippen LogP contribution in [0.25, 0.3) is 0 Å². The molecule has 158 valence electrons. The molecule has 0 spiro atoms. The third-order valence-electron chi connectivity index (χ3n) is 5.34. The molecule has 6 nitrogen and oxygen atoms in total. The average molecular weight is 419 g/mol. The van der Waals surface area contributed by atoms with E-state index >= 15 is 0 Å². The number of thiazole rings is 1. The van der Waals surface area contributed by atoms with E-state index in [9.17, 15) is 4.79 Å².